The Labute approximate surface area is 112 Å². The average molecular weight is 264 g/mol. The number of hydrogen-bond acceptors (Lipinski definition) is 4. The summed E-state index contributed by atoms with van der Waals surface area (Å²) in [5.41, 5.74) is 5.14. The maximum absolute atomic E-state index is 11.7. The molecule has 0 saturated carbocycles. The van der Waals surface area contributed by atoms with Crippen molar-refractivity contribution in [3.05, 3.63) is 20.8 Å². The summed E-state index contributed by atoms with van der Waals surface area (Å²) in [7, 11) is 0. The van der Waals surface area contributed by atoms with Crippen molar-refractivity contribution in [2.75, 3.05) is 17.6 Å². The Morgan fingerprint density at radius 2 is 2.16 bits per heavy atom. The molecule has 1 heterocycles. The van der Waals surface area contributed by atoms with Gasteiger partial charge in [-0.1, -0.05) is 13.8 Å². The largest absolute Gasteiger partial charge is 0.383 e. The number of nitrogens with one attached hydrogen (secondary N) is 2. The fourth-order valence-corrected chi connectivity index (χ4v) is 1.71. The van der Waals surface area contributed by atoms with E-state index in [-0.39, 0.29) is 17.4 Å². The van der Waals surface area contributed by atoms with E-state index in [1.54, 1.807) is 0 Å². The van der Waals surface area contributed by atoms with Crippen LogP contribution in [0.4, 0.5) is 11.5 Å². The van der Waals surface area contributed by atoms with Gasteiger partial charge in [-0.25, -0.2) is 4.79 Å². The van der Waals surface area contributed by atoms with Gasteiger partial charge in [0, 0.05) is 19.5 Å². The molecule has 0 aromatic carbocycles. The molecule has 4 N–H and O–H groups in total. The molecule has 0 amide bonds. The smallest absolute Gasteiger partial charge is 0.330 e. The molecule has 0 aliphatic heterocycles. The number of rotatable bonds is 6. The van der Waals surface area contributed by atoms with Gasteiger partial charge in [-0.05, 0) is 12.3 Å². The van der Waals surface area contributed by atoms with Crippen molar-refractivity contribution in [2.24, 2.45) is 5.92 Å². The minimum absolute atomic E-state index is 0.170. The van der Waals surface area contributed by atoms with Crippen LogP contribution in [-0.2, 0) is 6.54 Å². The Morgan fingerprint density at radius 1 is 1.47 bits per heavy atom. The second-order valence-electron chi connectivity index (χ2n) is 4.76. The minimum atomic E-state index is -0.497. The van der Waals surface area contributed by atoms with Crippen molar-refractivity contribution in [3.63, 3.8) is 0 Å². The number of anilines is 2. The van der Waals surface area contributed by atoms with Crippen molar-refractivity contribution in [1.82, 2.24) is 9.55 Å². The standard InChI is InChI=1S/C13H20N4O2/c1-4-5-6-7-15-10-11(14)17(8-9(2)3)13(19)16-12(10)18/h1,9,15H,5-8,14H2,2-3H3,(H,16,18,19). The monoisotopic (exact) mass is 264 g/mol. The van der Waals surface area contributed by atoms with Gasteiger partial charge in [0.05, 0.1) is 0 Å². The van der Waals surface area contributed by atoms with Gasteiger partial charge >= 0.3 is 5.69 Å². The second-order valence-corrected chi connectivity index (χ2v) is 4.76. The number of unbranched alkanes of at least 4 members (excludes halogenated alkanes) is 1. The number of nitrogens with two attached hydrogens (primary N) is 1. The lowest BCUT2D eigenvalue weighted by molar-refractivity contribution is 0.508. The van der Waals surface area contributed by atoms with Gasteiger partial charge in [-0.2, -0.15) is 0 Å². The summed E-state index contributed by atoms with van der Waals surface area (Å²) in [6.07, 6.45) is 6.51. The number of aromatic amines is 1. The number of nitrogens with zero attached hydrogens (tertiary/aromatic N) is 1. The quantitative estimate of drug-likeness (QED) is 0.518. The van der Waals surface area contributed by atoms with E-state index in [2.05, 4.69) is 16.2 Å². The van der Waals surface area contributed by atoms with Crippen LogP contribution in [-0.4, -0.2) is 16.1 Å². The van der Waals surface area contributed by atoms with Crippen LogP contribution in [0.15, 0.2) is 9.59 Å². The van der Waals surface area contributed by atoms with Crippen LogP contribution in [0.1, 0.15) is 26.7 Å². The molecule has 1 rings (SSSR count). The molecule has 1 aromatic rings. The Kier molecular flexibility index (Phi) is 5.24. The van der Waals surface area contributed by atoms with Crippen LogP contribution in [0.5, 0.6) is 0 Å². The summed E-state index contributed by atoms with van der Waals surface area (Å²) in [4.78, 5) is 25.7. The van der Waals surface area contributed by atoms with Gasteiger partial charge < -0.3 is 11.1 Å². The maximum atomic E-state index is 11.7. The molecule has 0 fully saturated rings. The van der Waals surface area contributed by atoms with E-state index in [9.17, 15) is 9.59 Å². The first-order valence-corrected chi connectivity index (χ1v) is 6.27. The Balaban J connectivity index is 3.01. The lowest BCUT2D eigenvalue weighted by atomic mass is 10.2. The second kappa shape index (κ2) is 6.69. The number of H-pyrrole nitrogens is 1. The SMILES string of the molecule is C#CCCCNc1c(N)n(CC(C)C)c(=O)[nH]c1=O. The van der Waals surface area contributed by atoms with E-state index >= 15 is 0 Å². The van der Waals surface area contributed by atoms with Crippen molar-refractivity contribution >= 4 is 11.5 Å². The van der Waals surface area contributed by atoms with Crippen molar-refractivity contribution in [3.8, 4) is 12.3 Å². The molecule has 0 saturated heterocycles. The molecule has 0 unspecified atom stereocenters. The molecule has 1 aromatic heterocycles. The summed E-state index contributed by atoms with van der Waals surface area (Å²) < 4.78 is 1.37. The molecule has 6 nitrogen and oxygen atoms in total. The van der Waals surface area contributed by atoms with Crippen LogP contribution in [0, 0.1) is 18.3 Å². The molecule has 0 bridgehead atoms. The lowest BCUT2D eigenvalue weighted by Crippen LogP contribution is -2.35. The minimum Gasteiger partial charge on any atom is -0.383 e. The van der Waals surface area contributed by atoms with E-state index in [1.807, 2.05) is 13.8 Å². The molecule has 0 radical (unpaired) electrons. The highest BCUT2D eigenvalue weighted by atomic mass is 16.2. The first-order chi connectivity index (χ1) is 8.97. The topological polar surface area (TPSA) is 92.9 Å². The van der Waals surface area contributed by atoms with Gasteiger partial charge in [-0.15, -0.1) is 12.3 Å². The van der Waals surface area contributed by atoms with Crippen LogP contribution in [0.2, 0.25) is 0 Å². The third-order valence-corrected chi connectivity index (χ3v) is 2.59. The van der Waals surface area contributed by atoms with Crippen molar-refractivity contribution in [2.45, 2.75) is 33.2 Å². The molecular formula is C13H20N4O2. The third kappa shape index (κ3) is 3.91. The lowest BCUT2D eigenvalue weighted by Gasteiger charge is -2.15. The van der Waals surface area contributed by atoms with Gasteiger partial charge in [-0.3, -0.25) is 14.3 Å². The zero-order valence-electron chi connectivity index (χ0n) is 11.3. The van der Waals surface area contributed by atoms with E-state index in [0.717, 1.165) is 6.42 Å². The molecule has 0 aliphatic carbocycles. The number of hydrogen-bond donors (Lipinski definition) is 3. The number of terminal acetylenes is 1. The average Bonchev–Trinajstić information content (AvgIpc) is 2.33. The molecular weight excluding hydrogens is 244 g/mol. The number of nitrogen functional groups attached to an aromatic ring is 1. The van der Waals surface area contributed by atoms with Crippen molar-refractivity contribution in [1.29, 1.82) is 0 Å². The highest BCUT2D eigenvalue weighted by Crippen LogP contribution is 2.11. The van der Waals surface area contributed by atoms with Gasteiger partial charge in [0.15, 0.2) is 0 Å². The van der Waals surface area contributed by atoms with Crippen LogP contribution < -0.4 is 22.3 Å². The zero-order chi connectivity index (χ0) is 14.4. The van der Waals surface area contributed by atoms with Gasteiger partial charge in [0.25, 0.3) is 5.56 Å². The van der Waals surface area contributed by atoms with E-state index in [0.29, 0.717) is 19.5 Å². The third-order valence-electron chi connectivity index (χ3n) is 2.59. The highest BCUT2D eigenvalue weighted by Gasteiger charge is 2.12. The predicted octanol–water partition coefficient (Wildman–Crippen LogP) is 0.600. The Hall–Kier alpha value is -2.16. The molecule has 0 spiro atoms. The number of aromatic nitrogens is 2. The fourth-order valence-electron chi connectivity index (χ4n) is 1.71. The normalized spacial score (nSPS) is 10.4. The van der Waals surface area contributed by atoms with Crippen LogP contribution in [0.3, 0.4) is 0 Å². The Bertz CT molecular complexity index is 578. The van der Waals surface area contributed by atoms with Gasteiger partial charge in [0.2, 0.25) is 0 Å². The summed E-state index contributed by atoms with van der Waals surface area (Å²) in [5.74, 6) is 2.94. The first-order valence-electron chi connectivity index (χ1n) is 6.27. The van der Waals surface area contributed by atoms with Crippen molar-refractivity contribution < 1.29 is 0 Å². The van der Waals surface area contributed by atoms with E-state index < -0.39 is 11.2 Å². The maximum Gasteiger partial charge on any atom is 0.330 e. The first kappa shape index (κ1) is 14.9. The van der Waals surface area contributed by atoms with Crippen LogP contribution in [0.25, 0.3) is 0 Å². The summed E-state index contributed by atoms with van der Waals surface area (Å²) in [6.45, 7) is 4.94. The van der Waals surface area contributed by atoms with E-state index in [4.69, 9.17) is 12.2 Å². The van der Waals surface area contributed by atoms with Crippen LogP contribution >= 0.6 is 0 Å². The molecule has 104 valence electrons. The molecule has 6 heteroatoms. The highest BCUT2D eigenvalue weighted by molar-refractivity contribution is 5.60. The molecule has 0 aliphatic rings. The zero-order valence-corrected chi connectivity index (χ0v) is 11.3. The predicted molar refractivity (Wildman–Crippen MR) is 77.1 cm³/mol. The van der Waals surface area contributed by atoms with E-state index in [1.165, 1.54) is 4.57 Å². The summed E-state index contributed by atoms with van der Waals surface area (Å²) in [5, 5.41) is 2.93. The fraction of sp³-hybridized carbons (Fsp3) is 0.538. The summed E-state index contributed by atoms with van der Waals surface area (Å²) in [6, 6.07) is 0. The summed E-state index contributed by atoms with van der Waals surface area (Å²) >= 11 is 0. The van der Waals surface area contributed by atoms with Gasteiger partial charge in [0.1, 0.15) is 11.5 Å². The molecule has 19 heavy (non-hydrogen) atoms. The Morgan fingerprint density at radius 3 is 2.74 bits per heavy atom. The molecule has 0 atom stereocenters.